The van der Waals surface area contributed by atoms with E-state index in [1.807, 2.05) is 50.5 Å². The number of benzene rings is 2. The highest BCUT2D eigenvalue weighted by Gasteiger charge is 2.35. The van der Waals surface area contributed by atoms with Crippen molar-refractivity contribution in [1.29, 1.82) is 0 Å². The summed E-state index contributed by atoms with van der Waals surface area (Å²) in [6.45, 7) is 4.03. The smallest absolute Gasteiger partial charge is 0.261 e. The zero-order valence-corrected chi connectivity index (χ0v) is 24.2. The van der Waals surface area contributed by atoms with Gasteiger partial charge in [0.2, 0.25) is 0 Å². The third-order valence-electron chi connectivity index (χ3n) is 7.27. The van der Waals surface area contributed by atoms with Crippen molar-refractivity contribution in [2.24, 2.45) is 0 Å². The maximum absolute atomic E-state index is 12.4. The summed E-state index contributed by atoms with van der Waals surface area (Å²) >= 11 is 0. The molecule has 0 saturated heterocycles. The van der Waals surface area contributed by atoms with E-state index in [-0.39, 0.29) is 36.8 Å². The van der Waals surface area contributed by atoms with Crippen molar-refractivity contribution in [1.82, 2.24) is 39.9 Å². The van der Waals surface area contributed by atoms with Crippen molar-refractivity contribution in [3.05, 3.63) is 130 Å². The molecule has 0 saturated carbocycles. The number of nitrogens with one attached hydrogen (secondary N) is 1. The van der Waals surface area contributed by atoms with Crippen LogP contribution in [0.1, 0.15) is 63.9 Å². The lowest BCUT2D eigenvalue weighted by Gasteiger charge is -2.11. The first kappa shape index (κ1) is 29.0. The molecule has 4 aromatic heterocycles. The van der Waals surface area contributed by atoms with Gasteiger partial charge < -0.3 is 5.11 Å². The first-order valence-corrected chi connectivity index (χ1v) is 13.9. The maximum Gasteiger partial charge on any atom is 0.261 e. The third-order valence-corrected chi connectivity index (χ3v) is 7.27. The highest BCUT2D eigenvalue weighted by atomic mass is 16.3. The zero-order valence-electron chi connectivity index (χ0n) is 24.2. The standard InChI is InChI=1S/C16H12N4O2.C8H9N3O.C8H5NO2/c1-10-6-7-20-14(8-10)13(17-18-20)9-19-15(21)11-4-2-3-5-12(11)16(19)22;1-6-2-3-11-8(4-6)7(5-12)9-10-11;10-7-5-3-1-2-4-6(5)8(11)9-7/h2-8H,9H2,1H3;2-4,12H,5H2,1H3;1-4H,(H,9,10,11). The quantitative estimate of drug-likeness (QED) is 0.290. The van der Waals surface area contributed by atoms with Gasteiger partial charge in [-0.2, -0.15) is 0 Å². The Morgan fingerprint density at radius 1 is 0.644 bits per heavy atom. The topological polar surface area (TPSA) is 164 Å². The second kappa shape index (κ2) is 11.9. The van der Waals surface area contributed by atoms with E-state index in [1.165, 1.54) is 4.90 Å². The molecule has 45 heavy (non-hydrogen) atoms. The molecular formula is C32H26N8O5. The van der Waals surface area contributed by atoms with E-state index in [0.29, 0.717) is 33.6 Å². The van der Waals surface area contributed by atoms with Crippen LogP contribution in [0.2, 0.25) is 0 Å². The largest absolute Gasteiger partial charge is 0.390 e. The number of carbonyl (C=O) groups is 4. The van der Waals surface area contributed by atoms with Crippen molar-refractivity contribution >= 4 is 34.7 Å². The van der Waals surface area contributed by atoms with Crippen molar-refractivity contribution < 1.29 is 24.3 Å². The van der Waals surface area contributed by atoms with Gasteiger partial charge in [0.15, 0.2) is 0 Å². The molecule has 0 bridgehead atoms. The van der Waals surface area contributed by atoms with Crippen LogP contribution in [0.5, 0.6) is 0 Å². The molecule has 6 heterocycles. The number of aliphatic hydroxyl groups is 1. The molecule has 0 spiro atoms. The highest BCUT2D eigenvalue weighted by Crippen LogP contribution is 2.25. The summed E-state index contributed by atoms with van der Waals surface area (Å²) in [5, 5.41) is 26.9. The van der Waals surface area contributed by atoms with E-state index in [1.54, 1.807) is 57.6 Å². The molecule has 0 aliphatic carbocycles. The molecule has 0 atom stereocenters. The fourth-order valence-electron chi connectivity index (χ4n) is 4.97. The molecule has 13 heteroatoms. The molecule has 0 unspecified atom stereocenters. The Kier molecular flexibility index (Phi) is 7.67. The predicted octanol–water partition coefficient (Wildman–Crippen LogP) is 2.93. The van der Waals surface area contributed by atoms with Crippen molar-refractivity contribution in [3.63, 3.8) is 0 Å². The van der Waals surface area contributed by atoms with E-state index in [9.17, 15) is 19.2 Å². The van der Waals surface area contributed by atoms with Gasteiger partial charge in [0, 0.05) is 12.4 Å². The van der Waals surface area contributed by atoms with Crippen LogP contribution < -0.4 is 5.32 Å². The minimum atomic E-state index is -0.300. The number of aryl methyl sites for hydroxylation is 2. The monoisotopic (exact) mass is 602 g/mol. The molecular weight excluding hydrogens is 576 g/mol. The molecule has 2 N–H and O–H groups in total. The molecule has 2 aliphatic rings. The Labute approximate surface area is 255 Å². The van der Waals surface area contributed by atoms with Gasteiger partial charge >= 0.3 is 0 Å². The number of fused-ring (bicyclic) bond motifs is 4. The number of nitrogens with zero attached hydrogens (tertiary/aromatic N) is 7. The van der Waals surface area contributed by atoms with Crippen molar-refractivity contribution in [2.45, 2.75) is 27.0 Å². The minimum Gasteiger partial charge on any atom is -0.390 e. The van der Waals surface area contributed by atoms with Crippen LogP contribution in [0.15, 0.2) is 85.2 Å². The average Bonchev–Trinajstić information content (AvgIpc) is 3.79. The zero-order chi connectivity index (χ0) is 31.7. The van der Waals surface area contributed by atoms with Crippen LogP contribution in [0.3, 0.4) is 0 Å². The normalized spacial score (nSPS) is 13.3. The SMILES string of the molecule is Cc1ccn2nnc(CN3C(=O)c4ccccc4C3=O)c2c1.Cc1ccn2nnc(CO)c2c1.O=C1NC(=O)c2ccccc21. The van der Waals surface area contributed by atoms with E-state index in [0.717, 1.165) is 22.2 Å². The van der Waals surface area contributed by atoms with Crippen molar-refractivity contribution in [3.8, 4) is 0 Å². The number of aromatic nitrogens is 6. The lowest BCUT2D eigenvalue weighted by Crippen LogP contribution is -2.29. The number of imide groups is 2. The highest BCUT2D eigenvalue weighted by molar-refractivity contribution is 6.22. The summed E-state index contributed by atoms with van der Waals surface area (Å²) in [7, 11) is 0. The van der Waals surface area contributed by atoms with Crippen LogP contribution >= 0.6 is 0 Å². The molecule has 8 rings (SSSR count). The van der Waals surface area contributed by atoms with Gasteiger partial charge in [-0.1, -0.05) is 34.7 Å². The van der Waals surface area contributed by atoms with E-state index < -0.39 is 0 Å². The molecule has 224 valence electrons. The summed E-state index contributed by atoms with van der Waals surface area (Å²) in [5.41, 5.74) is 6.94. The molecule has 4 amide bonds. The van der Waals surface area contributed by atoms with Gasteiger partial charge in [0.25, 0.3) is 23.6 Å². The van der Waals surface area contributed by atoms with Crippen LogP contribution in [0.25, 0.3) is 11.0 Å². The fraction of sp³-hybridized carbons (Fsp3) is 0.125. The Morgan fingerprint density at radius 2 is 1.09 bits per heavy atom. The number of carbonyl (C=O) groups excluding carboxylic acids is 4. The number of hydrogen-bond donors (Lipinski definition) is 2. The van der Waals surface area contributed by atoms with E-state index in [4.69, 9.17) is 5.11 Å². The van der Waals surface area contributed by atoms with Gasteiger partial charge in [0.05, 0.1) is 46.4 Å². The van der Waals surface area contributed by atoms with Gasteiger partial charge in [-0.3, -0.25) is 29.4 Å². The number of amides is 4. The molecule has 2 aromatic carbocycles. The fourth-order valence-corrected chi connectivity index (χ4v) is 4.97. The Morgan fingerprint density at radius 3 is 1.58 bits per heavy atom. The predicted molar refractivity (Wildman–Crippen MR) is 160 cm³/mol. The summed E-state index contributed by atoms with van der Waals surface area (Å²) in [5.74, 6) is -1.17. The lowest BCUT2D eigenvalue weighted by molar-refractivity contribution is 0.0640. The maximum atomic E-state index is 12.4. The number of aliphatic hydroxyl groups excluding tert-OH is 1. The molecule has 0 radical (unpaired) electrons. The van der Waals surface area contributed by atoms with Gasteiger partial charge in [0.1, 0.15) is 11.4 Å². The molecule has 0 fully saturated rings. The van der Waals surface area contributed by atoms with Crippen LogP contribution in [0.4, 0.5) is 0 Å². The molecule has 2 aliphatic heterocycles. The number of pyridine rings is 2. The summed E-state index contributed by atoms with van der Waals surface area (Å²) < 4.78 is 3.29. The third kappa shape index (κ3) is 5.55. The second-order valence-electron chi connectivity index (χ2n) is 10.4. The molecule has 13 nitrogen and oxygen atoms in total. The molecule has 6 aromatic rings. The number of rotatable bonds is 3. The Bertz CT molecular complexity index is 2070. The Balaban J connectivity index is 0.000000131. The summed E-state index contributed by atoms with van der Waals surface area (Å²) in [6.07, 6.45) is 3.64. The first-order chi connectivity index (χ1) is 21.7. The van der Waals surface area contributed by atoms with Gasteiger partial charge in [-0.15, -0.1) is 10.2 Å². The first-order valence-electron chi connectivity index (χ1n) is 13.9. The van der Waals surface area contributed by atoms with Gasteiger partial charge in [-0.25, -0.2) is 9.03 Å². The van der Waals surface area contributed by atoms with E-state index in [2.05, 4.69) is 25.9 Å². The van der Waals surface area contributed by atoms with Crippen LogP contribution in [0, 0.1) is 13.8 Å². The van der Waals surface area contributed by atoms with E-state index >= 15 is 0 Å². The average molecular weight is 603 g/mol. The number of hydrogen-bond acceptors (Lipinski definition) is 9. The van der Waals surface area contributed by atoms with Crippen LogP contribution in [-0.2, 0) is 13.2 Å². The summed E-state index contributed by atoms with van der Waals surface area (Å²) in [6, 6.07) is 21.3. The van der Waals surface area contributed by atoms with Gasteiger partial charge in [-0.05, 0) is 73.5 Å². The summed E-state index contributed by atoms with van der Waals surface area (Å²) in [4.78, 5) is 47.9. The second-order valence-corrected chi connectivity index (χ2v) is 10.4. The van der Waals surface area contributed by atoms with Crippen molar-refractivity contribution in [2.75, 3.05) is 0 Å². The lowest BCUT2D eigenvalue weighted by atomic mass is 10.1. The Hall–Kier alpha value is -6.08. The van der Waals surface area contributed by atoms with Crippen LogP contribution in [-0.4, -0.2) is 63.3 Å². The minimum absolute atomic E-state index is 0.0625.